The summed E-state index contributed by atoms with van der Waals surface area (Å²) in [6, 6.07) is 2.28. The molecule has 2 heterocycles. The molecule has 0 radical (unpaired) electrons. The fourth-order valence-electron chi connectivity index (χ4n) is 2.80. The van der Waals surface area contributed by atoms with E-state index in [0.717, 1.165) is 0 Å². The van der Waals surface area contributed by atoms with Gasteiger partial charge in [0.2, 0.25) is 12.5 Å². The number of alkyl halides is 2. The van der Waals surface area contributed by atoms with Crippen LogP contribution in [-0.2, 0) is 0 Å². The fraction of sp³-hybridized carbons (Fsp3) is 0.571. The van der Waals surface area contributed by atoms with E-state index in [2.05, 4.69) is 5.32 Å². The highest BCUT2D eigenvalue weighted by Gasteiger charge is 2.32. The smallest absolute Gasteiger partial charge is 0.258 e. The summed E-state index contributed by atoms with van der Waals surface area (Å²) in [5, 5.41) is 3.17. The second-order valence-corrected chi connectivity index (χ2v) is 5.02. The Morgan fingerprint density at radius 2 is 2.00 bits per heavy atom. The number of nitrogens with one attached hydrogen (secondary N) is 1. The van der Waals surface area contributed by atoms with Gasteiger partial charge in [0.15, 0.2) is 11.5 Å². The maximum Gasteiger partial charge on any atom is 0.258 e. The van der Waals surface area contributed by atoms with E-state index in [-0.39, 0.29) is 6.79 Å². The molecule has 1 aromatic carbocycles. The lowest BCUT2D eigenvalue weighted by molar-refractivity contribution is 0.0180. The zero-order chi connectivity index (χ0) is 14.8. The Labute approximate surface area is 121 Å². The molecular weight excluding hydrogens is 282 g/mol. The van der Waals surface area contributed by atoms with Crippen LogP contribution in [0.1, 0.15) is 11.6 Å². The summed E-state index contributed by atoms with van der Waals surface area (Å²) >= 11 is 0. The van der Waals surface area contributed by atoms with E-state index in [1.54, 1.807) is 17.0 Å². The number of hydrogen-bond acceptors (Lipinski definition) is 5. The average molecular weight is 300 g/mol. The Hall–Kier alpha value is -1.60. The van der Waals surface area contributed by atoms with Crippen molar-refractivity contribution < 1.29 is 23.0 Å². The van der Waals surface area contributed by atoms with Crippen LogP contribution in [0, 0.1) is 0 Å². The van der Waals surface area contributed by atoms with E-state index in [4.69, 9.17) is 14.2 Å². The van der Waals surface area contributed by atoms with Crippen LogP contribution >= 0.6 is 0 Å². The second kappa shape index (κ2) is 6.03. The molecule has 0 aromatic heterocycles. The predicted molar refractivity (Wildman–Crippen MR) is 72.3 cm³/mol. The van der Waals surface area contributed by atoms with E-state index in [9.17, 15) is 8.78 Å². The van der Waals surface area contributed by atoms with E-state index in [1.165, 1.54) is 7.11 Å². The van der Waals surface area contributed by atoms with Crippen LogP contribution in [0.5, 0.6) is 17.2 Å². The molecular formula is C14H18F2N2O3. The van der Waals surface area contributed by atoms with Crippen LogP contribution in [0.4, 0.5) is 8.78 Å². The monoisotopic (exact) mass is 300 g/mol. The zero-order valence-electron chi connectivity index (χ0n) is 11.8. The van der Waals surface area contributed by atoms with Crippen LogP contribution in [-0.4, -0.2) is 51.4 Å². The van der Waals surface area contributed by atoms with E-state index >= 15 is 0 Å². The molecule has 3 rings (SSSR count). The Balaban J connectivity index is 1.95. The Morgan fingerprint density at radius 1 is 1.24 bits per heavy atom. The highest BCUT2D eigenvalue weighted by Crippen LogP contribution is 2.44. The van der Waals surface area contributed by atoms with E-state index in [1.807, 2.05) is 0 Å². The molecule has 1 saturated heterocycles. The van der Waals surface area contributed by atoms with Crippen molar-refractivity contribution in [2.45, 2.75) is 12.5 Å². The van der Waals surface area contributed by atoms with Crippen molar-refractivity contribution >= 4 is 0 Å². The molecule has 0 unspecified atom stereocenters. The molecule has 2 aliphatic rings. The minimum atomic E-state index is -2.48. The molecule has 0 spiro atoms. The number of methoxy groups -OCH3 is 1. The van der Waals surface area contributed by atoms with Gasteiger partial charge in [-0.25, -0.2) is 8.78 Å². The molecule has 1 atom stereocenters. The van der Waals surface area contributed by atoms with Gasteiger partial charge >= 0.3 is 0 Å². The standard InChI is InChI=1S/C14H18F2N2O3/c1-19-10-6-9(7-11-13(10)21-8-20-11)12(14(15)16)18-4-2-17-3-5-18/h6-7,12,14,17H,2-5,8H2,1H3/t12-/m0/s1. The highest BCUT2D eigenvalue weighted by molar-refractivity contribution is 5.55. The normalized spacial score (nSPS) is 19.8. The van der Waals surface area contributed by atoms with Crippen LogP contribution in [0.25, 0.3) is 0 Å². The number of fused-ring (bicyclic) bond motifs is 1. The lowest BCUT2D eigenvalue weighted by Gasteiger charge is -2.34. The fourth-order valence-corrected chi connectivity index (χ4v) is 2.80. The van der Waals surface area contributed by atoms with Gasteiger partial charge in [-0.1, -0.05) is 0 Å². The summed E-state index contributed by atoms with van der Waals surface area (Å²) < 4.78 is 43.0. The largest absolute Gasteiger partial charge is 0.493 e. The van der Waals surface area contributed by atoms with Crippen molar-refractivity contribution in [2.24, 2.45) is 0 Å². The molecule has 1 fully saturated rings. The third kappa shape index (κ3) is 2.75. The molecule has 1 N–H and O–H groups in total. The Morgan fingerprint density at radius 3 is 2.67 bits per heavy atom. The number of halogens is 2. The van der Waals surface area contributed by atoms with Gasteiger partial charge in [-0.05, 0) is 17.7 Å². The summed E-state index contributed by atoms with van der Waals surface area (Å²) in [6.07, 6.45) is -2.48. The molecule has 0 aliphatic carbocycles. The minimum Gasteiger partial charge on any atom is -0.493 e. The van der Waals surface area contributed by atoms with Crippen LogP contribution in [0.15, 0.2) is 12.1 Å². The summed E-state index contributed by atoms with van der Waals surface area (Å²) in [5.74, 6) is 1.38. The number of piperazine rings is 1. The van der Waals surface area contributed by atoms with E-state index in [0.29, 0.717) is 49.0 Å². The highest BCUT2D eigenvalue weighted by atomic mass is 19.3. The molecule has 21 heavy (non-hydrogen) atoms. The molecule has 5 nitrogen and oxygen atoms in total. The van der Waals surface area contributed by atoms with Gasteiger partial charge in [0.1, 0.15) is 0 Å². The van der Waals surface area contributed by atoms with Crippen molar-refractivity contribution in [3.63, 3.8) is 0 Å². The first-order valence-corrected chi connectivity index (χ1v) is 6.91. The molecule has 1 aromatic rings. The number of nitrogens with zero attached hydrogens (tertiary/aromatic N) is 1. The van der Waals surface area contributed by atoms with Gasteiger partial charge in [0.05, 0.1) is 13.2 Å². The molecule has 0 bridgehead atoms. The van der Waals surface area contributed by atoms with Gasteiger partial charge < -0.3 is 19.5 Å². The van der Waals surface area contributed by atoms with Crippen molar-refractivity contribution in [2.75, 3.05) is 40.1 Å². The lowest BCUT2D eigenvalue weighted by Crippen LogP contribution is -2.46. The second-order valence-electron chi connectivity index (χ2n) is 5.02. The van der Waals surface area contributed by atoms with Crippen molar-refractivity contribution in [1.82, 2.24) is 10.2 Å². The maximum atomic E-state index is 13.6. The first kappa shape index (κ1) is 14.3. The Bertz CT molecular complexity index is 507. The summed E-state index contributed by atoms with van der Waals surface area (Å²) in [4.78, 5) is 1.79. The SMILES string of the molecule is COc1cc([C@@H](C(F)F)N2CCNCC2)cc2c1OCO2. The van der Waals surface area contributed by atoms with Crippen molar-refractivity contribution in [3.05, 3.63) is 17.7 Å². The van der Waals surface area contributed by atoms with Crippen LogP contribution < -0.4 is 19.5 Å². The quantitative estimate of drug-likeness (QED) is 0.915. The number of hydrogen-bond donors (Lipinski definition) is 1. The van der Waals surface area contributed by atoms with Crippen LogP contribution in [0.2, 0.25) is 0 Å². The van der Waals surface area contributed by atoms with Gasteiger partial charge in [0, 0.05) is 26.2 Å². The zero-order valence-corrected chi connectivity index (χ0v) is 11.8. The summed E-state index contributed by atoms with van der Waals surface area (Å²) in [6.45, 7) is 2.69. The molecule has 0 saturated carbocycles. The third-order valence-electron chi connectivity index (χ3n) is 3.81. The molecule has 116 valence electrons. The van der Waals surface area contributed by atoms with Gasteiger partial charge in [0.25, 0.3) is 6.43 Å². The topological polar surface area (TPSA) is 43.0 Å². The first-order valence-electron chi connectivity index (χ1n) is 6.91. The van der Waals surface area contributed by atoms with Gasteiger partial charge in [-0.15, -0.1) is 0 Å². The van der Waals surface area contributed by atoms with Crippen LogP contribution in [0.3, 0.4) is 0 Å². The average Bonchev–Trinajstić information content (AvgIpc) is 2.95. The maximum absolute atomic E-state index is 13.6. The Kier molecular flexibility index (Phi) is 4.12. The summed E-state index contributed by atoms with van der Waals surface area (Å²) in [7, 11) is 1.49. The molecule has 2 aliphatic heterocycles. The number of benzene rings is 1. The minimum absolute atomic E-state index is 0.0854. The predicted octanol–water partition coefficient (Wildman–Crippen LogP) is 1.64. The van der Waals surface area contributed by atoms with Gasteiger partial charge in [-0.2, -0.15) is 0 Å². The van der Waals surface area contributed by atoms with E-state index < -0.39 is 12.5 Å². The number of rotatable bonds is 4. The molecule has 7 heteroatoms. The molecule has 0 amide bonds. The summed E-state index contributed by atoms with van der Waals surface area (Å²) in [5.41, 5.74) is 0.494. The van der Waals surface area contributed by atoms with Gasteiger partial charge in [-0.3, -0.25) is 4.90 Å². The van der Waals surface area contributed by atoms with Crippen molar-refractivity contribution in [3.8, 4) is 17.2 Å². The first-order chi connectivity index (χ1) is 10.2. The third-order valence-corrected chi connectivity index (χ3v) is 3.81. The van der Waals surface area contributed by atoms with Crippen molar-refractivity contribution in [1.29, 1.82) is 0 Å². The number of ether oxygens (including phenoxy) is 3. The lowest BCUT2D eigenvalue weighted by atomic mass is 10.0.